The molecule has 34 heavy (non-hydrogen) atoms. The van der Waals surface area contributed by atoms with Crippen molar-refractivity contribution in [3.63, 3.8) is 0 Å². The van der Waals surface area contributed by atoms with Gasteiger partial charge in [-0.1, -0.05) is 30.3 Å². The smallest absolute Gasteiger partial charge is 0.264 e. The van der Waals surface area contributed by atoms with Crippen LogP contribution in [0.3, 0.4) is 0 Å². The SMILES string of the molecule is COc1ccc(NS(=O)(=O)c2cc(NC(=O)/C=C/c3ccccc3)ccc2N2CCCC2)cc1. The van der Waals surface area contributed by atoms with Gasteiger partial charge in [0.2, 0.25) is 5.91 Å². The zero-order chi connectivity index (χ0) is 24.0. The van der Waals surface area contributed by atoms with E-state index < -0.39 is 10.0 Å². The molecule has 0 spiro atoms. The molecule has 0 radical (unpaired) electrons. The number of hydrogen-bond acceptors (Lipinski definition) is 5. The molecule has 2 N–H and O–H groups in total. The number of nitrogens with zero attached hydrogens (tertiary/aromatic N) is 1. The maximum Gasteiger partial charge on any atom is 0.264 e. The van der Waals surface area contributed by atoms with Crippen LogP contribution in [0.2, 0.25) is 0 Å². The fourth-order valence-electron chi connectivity index (χ4n) is 3.82. The van der Waals surface area contributed by atoms with Crippen molar-refractivity contribution >= 4 is 39.1 Å². The molecule has 0 atom stereocenters. The molecule has 0 saturated carbocycles. The summed E-state index contributed by atoms with van der Waals surface area (Å²) in [5.41, 5.74) is 2.35. The quantitative estimate of drug-likeness (QED) is 0.457. The summed E-state index contributed by atoms with van der Waals surface area (Å²) in [5.74, 6) is 0.290. The van der Waals surface area contributed by atoms with Gasteiger partial charge in [-0.2, -0.15) is 0 Å². The van der Waals surface area contributed by atoms with Crippen molar-refractivity contribution in [2.24, 2.45) is 0 Å². The summed E-state index contributed by atoms with van der Waals surface area (Å²) in [6, 6.07) is 21.1. The Kier molecular flexibility index (Phi) is 7.18. The van der Waals surface area contributed by atoms with Gasteiger partial charge >= 0.3 is 0 Å². The molecule has 0 unspecified atom stereocenters. The average Bonchev–Trinajstić information content (AvgIpc) is 3.39. The summed E-state index contributed by atoms with van der Waals surface area (Å²) < 4.78 is 34.6. The summed E-state index contributed by atoms with van der Waals surface area (Å²) in [4.78, 5) is 14.6. The number of methoxy groups -OCH3 is 1. The second-order valence-electron chi connectivity index (χ2n) is 7.94. The molecular weight excluding hydrogens is 450 g/mol. The first-order valence-corrected chi connectivity index (χ1v) is 12.5. The second kappa shape index (κ2) is 10.4. The number of amides is 1. The molecule has 0 aromatic heterocycles. The molecule has 1 fully saturated rings. The summed E-state index contributed by atoms with van der Waals surface area (Å²) in [6.45, 7) is 1.58. The lowest BCUT2D eigenvalue weighted by molar-refractivity contribution is -0.111. The van der Waals surface area contributed by atoms with Crippen LogP contribution in [0.15, 0.2) is 83.8 Å². The molecule has 8 heteroatoms. The molecule has 4 rings (SSSR count). The zero-order valence-corrected chi connectivity index (χ0v) is 19.7. The Bertz CT molecular complexity index is 1270. The number of benzene rings is 3. The van der Waals surface area contributed by atoms with Gasteiger partial charge in [0.05, 0.1) is 12.8 Å². The lowest BCUT2D eigenvalue weighted by atomic mass is 10.2. The first-order valence-electron chi connectivity index (χ1n) is 11.0. The Balaban J connectivity index is 1.60. The van der Waals surface area contributed by atoms with Gasteiger partial charge in [-0.25, -0.2) is 8.42 Å². The summed E-state index contributed by atoms with van der Waals surface area (Å²) >= 11 is 0. The van der Waals surface area contributed by atoms with Crippen LogP contribution in [0.25, 0.3) is 6.08 Å². The highest BCUT2D eigenvalue weighted by Gasteiger charge is 2.25. The maximum absolute atomic E-state index is 13.4. The Morgan fingerprint density at radius 3 is 2.29 bits per heavy atom. The molecule has 1 amide bonds. The first kappa shape index (κ1) is 23.4. The number of rotatable bonds is 8. The van der Waals surface area contributed by atoms with E-state index in [0.29, 0.717) is 22.8 Å². The Morgan fingerprint density at radius 1 is 0.941 bits per heavy atom. The fourth-order valence-corrected chi connectivity index (χ4v) is 5.13. The van der Waals surface area contributed by atoms with Gasteiger partial charge in [-0.15, -0.1) is 0 Å². The van der Waals surface area contributed by atoms with E-state index in [2.05, 4.69) is 14.9 Å². The Morgan fingerprint density at radius 2 is 1.62 bits per heavy atom. The standard InChI is InChI=1S/C26H27N3O4S/c1-33-23-13-10-21(11-14-23)28-34(31,32)25-19-22(12-15-24(25)29-17-5-6-18-29)27-26(30)16-9-20-7-3-2-4-8-20/h2-4,7-16,19,28H,5-6,17-18H2,1H3,(H,27,30)/b16-9+. The van der Waals surface area contributed by atoms with E-state index >= 15 is 0 Å². The minimum Gasteiger partial charge on any atom is -0.497 e. The molecule has 3 aromatic carbocycles. The zero-order valence-electron chi connectivity index (χ0n) is 18.9. The van der Waals surface area contributed by atoms with Gasteiger partial charge in [0.15, 0.2) is 0 Å². The van der Waals surface area contributed by atoms with E-state index in [1.807, 2.05) is 30.3 Å². The highest BCUT2D eigenvalue weighted by molar-refractivity contribution is 7.92. The number of carbonyl (C=O) groups is 1. The maximum atomic E-state index is 13.4. The molecule has 1 saturated heterocycles. The molecule has 0 bridgehead atoms. The van der Waals surface area contributed by atoms with Gasteiger partial charge in [0.25, 0.3) is 10.0 Å². The molecule has 1 aliphatic rings. The van der Waals surface area contributed by atoms with Crippen LogP contribution in [0.4, 0.5) is 17.1 Å². The van der Waals surface area contributed by atoms with E-state index in [9.17, 15) is 13.2 Å². The molecule has 1 aliphatic heterocycles. The third-order valence-electron chi connectivity index (χ3n) is 5.53. The second-order valence-corrected chi connectivity index (χ2v) is 9.59. The predicted molar refractivity (Wildman–Crippen MR) is 136 cm³/mol. The van der Waals surface area contributed by atoms with Crippen molar-refractivity contribution in [2.45, 2.75) is 17.7 Å². The number of carbonyl (C=O) groups excluding carboxylic acids is 1. The number of sulfonamides is 1. The Hall–Kier alpha value is -3.78. The van der Waals surface area contributed by atoms with Crippen LogP contribution < -0.4 is 19.7 Å². The summed E-state index contributed by atoms with van der Waals surface area (Å²) in [7, 11) is -2.36. The fraction of sp³-hybridized carbons (Fsp3) is 0.192. The molecule has 1 heterocycles. The van der Waals surface area contributed by atoms with Gasteiger partial charge < -0.3 is 15.0 Å². The largest absolute Gasteiger partial charge is 0.497 e. The van der Waals surface area contributed by atoms with E-state index in [1.165, 1.54) is 12.1 Å². The van der Waals surface area contributed by atoms with Crippen molar-refractivity contribution in [3.8, 4) is 5.75 Å². The minimum absolute atomic E-state index is 0.120. The molecular formula is C26H27N3O4S. The van der Waals surface area contributed by atoms with E-state index in [4.69, 9.17) is 4.74 Å². The Labute approximate surface area is 200 Å². The van der Waals surface area contributed by atoms with Crippen LogP contribution in [-0.4, -0.2) is 34.5 Å². The highest BCUT2D eigenvalue weighted by atomic mass is 32.2. The van der Waals surface area contributed by atoms with Crippen LogP contribution in [0.1, 0.15) is 18.4 Å². The molecule has 0 aliphatic carbocycles. The molecule has 176 valence electrons. The van der Waals surface area contributed by atoms with Gasteiger partial charge in [-0.3, -0.25) is 9.52 Å². The van der Waals surface area contributed by atoms with Crippen LogP contribution in [0, 0.1) is 0 Å². The van der Waals surface area contributed by atoms with Crippen LogP contribution in [0.5, 0.6) is 5.75 Å². The first-order chi connectivity index (χ1) is 16.4. The average molecular weight is 478 g/mol. The predicted octanol–water partition coefficient (Wildman–Crippen LogP) is 4.75. The third-order valence-corrected chi connectivity index (χ3v) is 6.94. The lowest BCUT2D eigenvalue weighted by Crippen LogP contribution is -2.23. The number of anilines is 3. The van der Waals surface area contributed by atoms with E-state index in [1.54, 1.807) is 49.6 Å². The molecule has 7 nitrogen and oxygen atoms in total. The van der Waals surface area contributed by atoms with Gasteiger partial charge in [-0.05, 0) is 66.9 Å². The van der Waals surface area contributed by atoms with Crippen LogP contribution >= 0.6 is 0 Å². The van der Waals surface area contributed by atoms with Crippen molar-refractivity contribution in [1.82, 2.24) is 0 Å². The summed E-state index contributed by atoms with van der Waals surface area (Å²) in [6.07, 6.45) is 5.15. The normalized spacial score (nSPS) is 13.7. The monoisotopic (exact) mass is 477 g/mol. The van der Waals surface area contributed by atoms with Crippen molar-refractivity contribution in [3.05, 3.63) is 84.4 Å². The minimum atomic E-state index is -3.92. The van der Waals surface area contributed by atoms with Crippen molar-refractivity contribution < 1.29 is 17.9 Å². The number of ether oxygens (including phenoxy) is 1. The third kappa shape index (κ3) is 5.77. The van der Waals surface area contributed by atoms with Gasteiger partial charge in [0.1, 0.15) is 10.6 Å². The highest BCUT2D eigenvalue weighted by Crippen LogP contribution is 2.32. The topological polar surface area (TPSA) is 87.7 Å². The molecule has 3 aromatic rings. The van der Waals surface area contributed by atoms with Crippen molar-refractivity contribution in [1.29, 1.82) is 0 Å². The number of hydrogen-bond donors (Lipinski definition) is 2. The van der Waals surface area contributed by atoms with Gasteiger partial charge in [0, 0.05) is 30.5 Å². The van der Waals surface area contributed by atoms with E-state index in [0.717, 1.165) is 31.5 Å². The van der Waals surface area contributed by atoms with E-state index in [-0.39, 0.29) is 10.8 Å². The van der Waals surface area contributed by atoms with Crippen molar-refractivity contribution in [2.75, 3.05) is 35.1 Å². The summed E-state index contributed by atoms with van der Waals surface area (Å²) in [5, 5.41) is 2.77. The lowest BCUT2D eigenvalue weighted by Gasteiger charge is -2.22. The number of nitrogens with one attached hydrogen (secondary N) is 2. The van der Waals surface area contributed by atoms with Crippen LogP contribution in [-0.2, 0) is 14.8 Å².